The minimum atomic E-state index is -0.345. The number of hydrogen-bond acceptors (Lipinski definition) is 7. The van der Waals surface area contributed by atoms with Gasteiger partial charge in [0.15, 0.2) is 0 Å². The second-order valence-electron chi connectivity index (χ2n) is 6.72. The lowest BCUT2D eigenvalue weighted by Gasteiger charge is -2.13. The standard InChI is InChI=1S/C21H22N4O2S3/c1-3-4-10-18-23-24-20(30-18)22-17(26)13-25-19(27)16(29-21(25)28)12-14(2)11-15-8-6-5-7-9-15/h5-9,11-12H,3-4,10,13H2,1-2H3,(H,22,24,26). The van der Waals surface area contributed by atoms with Crippen LogP contribution in [0.1, 0.15) is 37.3 Å². The summed E-state index contributed by atoms with van der Waals surface area (Å²) in [5.74, 6) is -0.607. The smallest absolute Gasteiger partial charge is 0.266 e. The maximum Gasteiger partial charge on any atom is 0.266 e. The number of nitrogens with zero attached hydrogens (tertiary/aromatic N) is 3. The highest BCUT2D eigenvalue weighted by molar-refractivity contribution is 8.26. The third-order valence-electron chi connectivity index (χ3n) is 4.19. The molecule has 0 spiro atoms. The predicted octanol–water partition coefficient (Wildman–Crippen LogP) is 4.67. The molecule has 30 heavy (non-hydrogen) atoms. The molecular formula is C21H22N4O2S3. The average Bonchev–Trinajstić information content (AvgIpc) is 3.26. The predicted molar refractivity (Wildman–Crippen MR) is 127 cm³/mol. The molecule has 0 atom stereocenters. The van der Waals surface area contributed by atoms with E-state index < -0.39 is 0 Å². The molecule has 1 aromatic carbocycles. The highest BCUT2D eigenvalue weighted by Gasteiger charge is 2.33. The molecule has 2 heterocycles. The molecule has 1 aliphatic heterocycles. The van der Waals surface area contributed by atoms with Gasteiger partial charge in [-0.2, -0.15) is 0 Å². The van der Waals surface area contributed by atoms with Crippen LogP contribution in [0, 0.1) is 0 Å². The summed E-state index contributed by atoms with van der Waals surface area (Å²) in [7, 11) is 0. The molecule has 1 aromatic heterocycles. The molecule has 156 valence electrons. The van der Waals surface area contributed by atoms with Gasteiger partial charge < -0.3 is 0 Å². The minimum Gasteiger partial charge on any atom is -0.299 e. The topological polar surface area (TPSA) is 75.2 Å². The summed E-state index contributed by atoms with van der Waals surface area (Å²) in [6.07, 6.45) is 6.74. The first-order chi connectivity index (χ1) is 14.5. The van der Waals surface area contributed by atoms with Crippen molar-refractivity contribution in [3.8, 4) is 0 Å². The van der Waals surface area contributed by atoms with Crippen molar-refractivity contribution in [3.63, 3.8) is 0 Å². The van der Waals surface area contributed by atoms with Gasteiger partial charge in [-0.05, 0) is 30.6 Å². The van der Waals surface area contributed by atoms with Crippen molar-refractivity contribution in [1.82, 2.24) is 15.1 Å². The zero-order valence-electron chi connectivity index (χ0n) is 16.8. The van der Waals surface area contributed by atoms with Crippen LogP contribution in [0.3, 0.4) is 0 Å². The molecule has 2 amide bonds. The van der Waals surface area contributed by atoms with E-state index in [1.54, 1.807) is 6.08 Å². The van der Waals surface area contributed by atoms with E-state index in [0.717, 1.165) is 35.4 Å². The van der Waals surface area contributed by atoms with E-state index in [1.165, 1.54) is 28.0 Å². The zero-order chi connectivity index (χ0) is 21.5. The molecule has 0 saturated carbocycles. The number of allylic oxidation sites excluding steroid dienone is 2. The number of aromatic nitrogens is 2. The zero-order valence-corrected chi connectivity index (χ0v) is 19.2. The maximum atomic E-state index is 12.7. The summed E-state index contributed by atoms with van der Waals surface area (Å²) < 4.78 is 0.370. The second-order valence-corrected chi connectivity index (χ2v) is 9.46. The van der Waals surface area contributed by atoms with Crippen molar-refractivity contribution in [2.24, 2.45) is 0 Å². The molecule has 1 fully saturated rings. The Morgan fingerprint density at radius 1 is 1.27 bits per heavy atom. The summed E-state index contributed by atoms with van der Waals surface area (Å²) >= 11 is 7.88. The first kappa shape index (κ1) is 22.3. The Hall–Kier alpha value is -2.36. The van der Waals surface area contributed by atoms with E-state index in [2.05, 4.69) is 22.4 Å². The monoisotopic (exact) mass is 458 g/mol. The van der Waals surface area contributed by atoms with Crippen LogP contribution in [0.2, 0.25) is 0 Å². The van der Waals surface area contributed by atoms with E-state index >= 15 is 0 Å². The van der Waals surface area contributed by atoms with Gasteiger partial charge in [-0.25, -0.2) is 0 Å². The van der Waals surface area contributed by atoms with Crippen molar-refractivity contribution in [3.05, 3.63) is 57.5 Å². The van der Waals surface area contributed by atoms with Gasteiger partial charge in [-0.3, -0.25) is 19.8 Å². The first-order valence-electron chi connectivity index (χ1n) is 9.57. The van der Waals surface area contributed by atoms with Crippen LogP contribution in [0.15, 0.2) is 46.9 Å². The Bertz CT molecular complexity index is 999. The van der Waals surface area contributed by atoms with E-state index in [4.69, 9.17) is 12.2 Å². The lowest BCUT2D eigenvalue weighted by molar-refractivity contribution is -0.126. The molecule has 0 bridgehead atoms. The molecule has 0 unspecified atom stereocenters. The van der Waals surface area contributed by atoms with Crippen LogP contribution < -0.4 is 5.32 Å². The van der Waals surface area contributed by atoms with E-state index in [-0.39, 0.29) is 18.4 Å². The summed E-state index contributed by atoms with van der Waals surface area (Å²) in [5, 5.41) is 12.1. The van der Waals surface area contributed by atoms with Gasteiger partial charge in [0.2, 0.25) is 11.0 Å². The number of anilines is 1. The van der Waals surface area contributed by atoms with Crippen LogP contribution >= 0.6 is 35.3 Å². The Labute approximate surface area is 189 Å². The van der Waals surface area contributed by atoms with Crippen molar-refractivity contribution in [2.45, 2.75) is 33.1 Å². The van der Waals surface area contributed by atoms with Crippen molar-refractivity contribution < 1.29 is 9.59 Å². The van der Waals surface area contributed by atoms with Gasteiger partial charge in [0.25, 0.3) is 5.91 Å². The number of carbonyl (C=O) groups is 2. The molecule has 1 aliphatic rings. The Morgan fingerprint density at radius 3 is 2.77 bits per heavy atom. The number of aryl methyl sites for hydroxylation is 1. The molecule has 1 N–H and O–H groups in total. The number of hydrogen-bond donors (Lipinski definition) is 1. The van der Waals surface area contributed by atoms with Gasteiger partial charge in [0.05, 0.1) is 4.91 Å². The Balaban J connectivity index is 1.61. The number of amides is 2. The van der Waals surface area contributed by atoms with Gasteiger partial charge in [-0.15, -0.1) is 10.2 Å². The molecule has 9 heteroatoms. The number of rotatable bonds is 8. The second kappa shape index (κ2) is 10.6. The van der Waals surface area contributed by atoms with Crippen LogP contribution in [-0.4, -0.2) is 37.8 Å². The largest absolute Gasteiger partial charge is 0.299 e. The van der Waals surface area contributed by atoms with Crippen molar-refractivity contribution in [1.29, 1.82) is 0 Å². The third kappa shape index (κ3) is 6.07. The summed E-state index contributed by atoms with van der Waals surface area (Å²) in [5.41, 5.74) is 1.98. The van der Waals surface area contributed by atoms with Crippen LogP contribution in [0.5, 0.6) is 0 Å². The van der Waals surface area contributed by atoms with E-state index in [9.17, 15) is 9.59 Å². The molecule has 2 aromatic rings. The number of thioether (sulfide) groups is 1. The quantitative estimate of drug-likeness (QED) is 0.458. The first-order valence-corrected chi connectivity index (χ1v) is 11.6. The van der Waals surface area contributed by atoms with Gasteiger partial charge in [0.1, 0.15) is 15.9 Å². The fourth-order valence-corrected chi connectivity index (χ4v) is 4.84. The normalized spacial score (nSPS) is 15.9. The molecule has 0 radical (unpaired) electrons. The Kier molecular flexibility index (Phi) is 7.89. The van der Waals surface area contributed by atoms with E-state index in [0.29, 0.717) is 14.4 Å². The number of carbonyl (C=O) groups excluding carboxylic acids is 2. The number of unbranched alkanes of at least 4 members (excludes halogenated alkanes) is 1. The number of nitrogens with one attached hydrogen (secondary N) is 1. The lowest BCUT2D eigenvalue weighted by atomic mass is 10.1. The highest BCUT2D eigenvalue weighted by Crippen LogP contribution is 2.32. The van der Waals surface area contributed by atoms with Gasteiger partial charge in [0, 0.05) is 6.42 Å². The molecule has 1 saturated heterocycles. The SMILES string of the molecule is CCCCc1nnc(NC(=O)CN2C(=O)C(=CC(C)=Cc3ccccc3)SC2=S)s1. The molecular weight excluding hydrogens is 436 g/mol. The number of thiocarbonyl (C=S) groups is 1. The fraction of sp³-hybridized carbons (Fsp3) is 0.286. The fourth-order valence-electron chi connectivity index (χ4n) is 2.73. The molecule has 6 nitrogen and oxygen atoms in total. The highest BCUT2D eigenvalue weighted by atomic mass is 32.2. The Morgan fingerprint density at radius 2 is 2.03 bits per heavy atom. The van der Waals surface area contributed by atoms with Gasteiger partial charge >= 0.3 is 0 Å². The van der Waals surface area contributed by atoms with Gasteiger partial charge in [-0.1, -0.05) is 85.1 Å². The van der Waals surface area contributed by atoms with E-state index in [1.807, 2.05) is 43.3 Å². The van der Waals surface area contributed by atoms with Crippen LogP contribution in [-0.2, 0) is 16.0 Å². The minimum absolute atomic E-state index is 0.146. The van der Waals surface area contributed by atoms with Crippen molar-refractivity contribution in [2.75, 3.05) is 11.9 Å². The maximum absolute atomic E-state index is 12.7. The van der Waals surface area contributed by atoms with Crippen LogP contribution in [0.4, 0.5) is 5.13 Å². The summed E-state index contributed by atoms with van der Waals surface area (Å²) in [6, 6.07) is 9.86. The molecule has 0 aliphatic carbocycles. The van der Waals surface area contributed by atoms with Crippen molar-refractivity contribution >= 4 is 62.7 Å². The molecule has 3 rings (SSSR count). The van der Waals surface area contributed by atoms with Crippen LogP contribution in [0.25, 0.3) is 6.08 Å². The lowest BCUT2D eigenvalue weighted by Crippen LogP contribution is -2.36. The summed E-state index contributed by atoms with van der Waals surface area (Å²) in [6.45, 7) is 3.89. The third-order valence-corrected chi connectivity index (χ3v) is 6.46. The number of benzene rings is 1. The summed E-state index contributed by atoms with van der Waals surface area (Å²) in [4.78, 5) is 26.9. The average molecular weight is 459 g/mol.